The van der Waals surface area contributed by atoms with E-state index < -0.39 is 5.41 Å². The number of hydrogen-bond acceptors (Lipinski definition) is 4. The molecule has 8 aromatic carbocycles. The van der Waals surface area contributed by atoms with Crippen molar-refractivity contribution in [2.24, 2.45) is 0 Å². The molecular weight excluding hydrogens is 869 g/mol. The maximum atomic E-state index is 7.00. The summed E-state index contributed by atoms with van der Waals surface area (Å²) < 4.78 is 13.9. The minimum atomic E-state index is -0.746. The van der Waals surface area contributed by atoms with Crippen LogP contribution in [0, 0.1) is 0 Å². The molecule has 1 aliphatic carbocycles. The van der Waals surface area contributed by atoms with Crippen LogP contribution >= 0.6 is 0 Å². The molecular formula is C64H38N6O. The average Bonchev–Trinajstić information content (AvgIpc) is 4.16. The van der Waals surface area contributed by atoms with Gasteiger partial charge in [0.05, 0.1) is 61.8 Å². The van der Waals surface area contributed by atoms with Gasteiger partial charge < -0.3 is 13.9 Å². The molecule has 1 spiro atoms. The molecule has 1 unspecified atom stereocenters. The van der Waals surface area contributed by atoms with Gasteiger partial charge in [-0.3, -0.25) is 14.5 Å². The van der Waals surface area contributed by atoms with Crippen molar-refractivity contribution in [3.63, 3.8) is 0 Å². The number of para-hydroxylation sites is 6. The monoisotopic (exact) mass is 906 g/mol. The quantitative estimate of drug-likeness (QED) is 0.176. The molecule has 0 amide bonds. The van der Waals surface area contributed by atoms with Gasteiger partial charge in [-0.05, 0) is 90.0 Å². The molecule has 0 radical (unpaired) electrons. The van der Waals surface area contributed by atoms with Crippen LogP contribution in [0.1, 0.15) is 22.3 Å². The van der Waals surface area contributed by atoms with Crippen LogP contribution in [0.5, 0.6) is 11.5 Å². The number of aromatic nitrogens is 6. The van der Waals surface area contributed by atoms with E-state index in [9.17, 15) is 0 Å². The van der Waals surface area contributed by atoms with E-state index in [2.05, 4.69) is 226 Å². The minimum absolute atomic E-state index is 0.746. The smallest absolute Gasteiger partial charge is 0.137 e. The van der Waals surface area contributed by atoms with Gasteiger partial charge in [0.15, 0.2) is 0 Å². The molecule has 6 aromatic heterocycles. The first-order valence-electron chi connectivity index (χ1n) is 24.1. The van der Waals surface area contributed by atoms with Crippen LogP contribution in [0.3, 0.4) is 0 Å². The van der Waals surface area contributed by atoms with Crippen LogP contribution in [-0.2, 0) is 5.41 Å². The van der Waals surface area contributed by atoms with Crippen molar-refractivity contribution < 1.29 is 4.74 Å². The predicted molar refractivity (Wildman–Crippen MR) is 286 cm³/mol. The van der Waals surface area contributed by atoms with Gasteiger partial charge in [0.2, 0.25) is 0 Å². The zero-order valence-electron chi connectivity index (χ0n) is 38.0. The summed E-state index contributed by atoms with van der Waals surface area (Å²) in [4.78, 5) is 15.5. The number of ether oxygens (including phenoxy) is 1. The van der Waals surface area contributed by atoms with E-state index in [4.69, 9.17) is 19.7 Å². The lowest BCUT2D eigenvalue weighted by molar-refractivity contribution is 0.436. The zero-order chi connectivity index (χ0) is 46.4. The lowest BCUT2D eigenvalue weighted by atomic mass is 9.66. The molecule has 0 N–H and O–H groups in total. The summed E-state index contributed by atoms with van der Waals surface area (Å²) in [6, 6.07) is 76.0. The van der Waals surface area contributed by atoms with E-state index in [0.717, 1.165) is 112 Å². The number of hydrogen-bond donors (Lipinski definition) is 0. The van der Waals surface area contributed by atoms with E-state index in [-0.39, 0.29) is 0 Å². The highest BCUT2D eigenvalue weighted by atomic mass is 16.5. The van der Waals surface area contributed by atoms with Crippen LogP contribution in [0.25, 0.3) is 105 Å². The second kappa shape index (κ2) is 14.2. The van der Waals surface area contributed by atoms with E-state index in [1.807, 2.05) is 18.6 Å². The third kappa shape index (κ3) is 5.13. The van der Waals surface area contributed by atoms with Crippen LogP contribution in [-0.4, -0.2) is 28.7 Å². The second-order valence-electron chi connectivity index (χ2n) is 18.7. The molecule has 0 bridgehead atoms. The molecule has 1 aliphatic heterocycles. The topological polar surface area (TPSA) is 62.7 Å². The second-order valence-corrected chi connectivity index (χ2v) is 18.7. The molecule has 7 heteroatoms. The van der Waals surface area contributed by atoms with E-state index >= 15 is 0 Å². The Labute approximate surface area is 406 Å². The molecule has 16 rings (SSSR count). The summed E-state index contributed by atoms with van der Waals surface area (Å²) in [7, 11) is 0. The predicted octanol–water partition coefficient (Wildman–Crippen LogP) is 15.3. The van der Waals surface area contributed by atoms with Crippen LogP contribution < -0.4 is 4.74 Å². The van der Waals surface area contributed by atoms with Gasteiger partial charge in [0, 0.05) is 78.7 Å². The SMILES string of the molecule is c1ccc2c(c1)Oc1cc(-n3c4ccccc4c4ccccc43)ccc1C21c2cccnc2-c2ncc(-c3ccc4c(c3)c3ccccc3n4-c3ccc(-n4c5ccccc5c5ccccc54)nc3)cc21. The fraction of sp³-hybridized carbons (Fsp3) is 0.0156. The van der Waals surface area contributed by atoms with E-state index in [1.54, 1.807) is 0 Å². The lowest BCUT2D eigenvalue weighted by Crippen LogP contribution is -2.32. The highest BCUT2D eigenvalue weighted by molar-refractivity contribution is 6.12. The van der Waals surface area contributed by atoms with Crippen LogP contribution in [0.2, 0.25) is 0 Å². The maximum absolute atomic E-state index is 7.00. The molecule has 0 saturated carbocycles. The maximum Gasteiger partial charge on any atom is 0.137 e. The molecule has 0 fully saturated rings. The third-order valence-corrected chi connectivity index (χ3v) is 15.3. The number of rotatable bonds is 4. The van der Waals surface area contributed by atoms with Gasteiger partial charge in [0.1, 0.15) is 17.3 Å². The van der Waals surface area contributed by atoms with Crippen molar-refractivity contribution in [1.29, 1.82) is 0 Å². The van der Waals surface area contributed by atoms with E-state index in [0.29, 0.717) is 0 Å². The first kappa shape index (κ1) is 38.4. The Morgan fingerprint density at radius 1 is 0.324 bits per heavy atom. The summed E-state index contributed by atoms with van der Waals surface area (Å²) in [5.41, 5.74) is 16.3. The van der Waals surface area contributed by atoms with Gasteiger partial charge >= 0.3 is 0 Å². The van der Waals surface area contributed by atoms with E-state index in [1.165, 1.54) is 26.9 Å². The third-order valence-electron chi connectivity index (χ3n) is 15.3. The minimum Gasteiger partial charge on any atom is -0.457 e. The molecule has 330 valence electrons. The molecule has 1 atom stereocenters. The van der Waals surface area contributed by atoms with Gasteiger partial charge in [-0.1, -0.05) is 127 Å². The molecule has 2 aliphatic rings. The number of fused-ring (bicyclic) bond motifs is 18. The summed E-state index contributed by atoms with van der Waals surface area (Å²) in [5.74, 6) is 2.51. The average molecular weight is 907 g/mol. The fourth-order valence-electron chi connectivity index (χ4n) is 12.3. The Morgan fingerprint density at radius 2 is 0.859 bits per heavy atom. The Hall–Kier alpha value is -9.59. The van der Waals surface area contributed by atoms with Gasteiger partial charge in [-0.2, -0.15) is 0 Å². The highest BCUT2D eigenvalue weighted by Crippen LogP contribution is 2.62. The van der Waals surface area contributed by atoms with Crippen molar-refractivity contribution in [2.75, 3.05) is 0 Å². The van der Waals surface area contributed by atoms with Crippen molar-refractivity contribution in [3.05, 3.63) is 253 Å². The number of nitrogens with zero attached hydrogens (tertiary/aromatic N) is 6. The Bertz CT molecular complexity index is 4470. The molecule has 14 aromatic rings. The highest BCUT2D eigenvalue weighted by Gasteiger charge is 2.52. The van der Waals surface area contributed by atoms with Crippen molar-refractivity contribution in [2.45, 2.75) is 5.41 Å². The Morgan fingerprint density at radius 3 is 1.52 bits per heavy atom. The normalized spacial score (nSPS) is 14.6. The van der Waals surface area contributed by atoms with Crippen LogP contribution in [0.4, 0.5) is 0 Å². The molecule has 71 heavy (non-hydrogen) atoms. The first-order chi connectivity index (χ1) is 35.2. The summed E-state index contributed by atoms with van der Waals surface area (Å²) in [6.45, 7) is 0. The fourth-order valence-corrected chi connectivity index (χ4v) is 12.3. The molecule has 7 heterocycles. The molecule has 7 nitrogen and oxygen atoms in total. The standard InChI is InChI=1S/C64H38N6O/c1-7-21-53-43(14-1)44-15-2-8-22-54(44)68(53)41-28-30-50-60(36-41)71-59-26-12-6-19-49(59)64(50)51-20-13-33-65-62(51)63-52(64)35-40(37-67-63)39-27-31-58-48(34-39)47-18-5-9-23-55(47)69(58)42-29-32-61(66-38-42)70-56-24-10-3-16-45(56)46-17-4-11-25-57(46)70/h1-38H. The number of pyridine rings is 3. The largest absolute Gasteiger partial charge is 0.457 e. The summed E-state index contributed by atoms with van der Waals surface area (Å²) in [6.07, 6.45) is 5.90. The van der Waals surface area contributed by atoms with Gasteiger partial charge in [-0.15, -0.1) is 0 Å². The van der Waals surface area contributed by atoms with Gasteiger partial charge in [0.25, 0.3) is 0 Å². The summed E-state index contributed by atoms with van der Waals surface area (Å²) >= 11 is 0. The zero-order valence-corrected chi connectivity index (χ0v) is 38.0. The molecule has 0 saturated heterocycles. The van der Waals surface area contributed by atoms with Crippen molar-refractivity contribution in [3.8, 4) is 51.2 Å². The van der Waals surface area contributed by atoms with Crippen LogP contribution in [0.15, 0.2) is 231 Å². The lowest BCUT2D eigenvalue weighted by Gasteiger charge is -2.39. The van der Waals surface area contributed by atoms with Gasteiger partial charge in [-0.25, -0.2) is 4.98 Å². The first-order valence-corrected chi connectivity index (χ1v) is 24.1. The van der Waals surface area contributed by atoms with Crippen molar-refractivity contribution >= 4 is 65.4 Å². The Balaban J connectivity index is 0.856. The number of benzene rings is 8. The Kier molecular flexibility index (Phi) is 7.69. The summed E-state index contributed by atoms with van der Waals surface area (Å²) in [5, 5.41) is 7.20. The van der Waals surface area contributed by atoms with Crippen molar-refractivity contribution in [1.82, 2.24) is 28.7 Å².